The van der Waals surface area contributed by atoms with Gasteiger partial charge in [0.05, 0.1) is 10.6 Å². The number of hydrogen-bond acceptors (Lipinski definition) is 4. The highest BCUT2D eigenvalue weighted by molar-refractivity contribution is 7.17. The molecule has 0 spiro atoms. The van der Waals surface area contributed by atoms with E-state index in [1.165, 1.54) is 17.4 Å². The molecule has 4 rings (SSSR count). The lowest BCUT2D eigenvalue weighted by atomic mass is 10.1. The van der Waals surface area contributed by atoms with Gasteiger partial charge in [0.1, 0.15) is 0 Å². The number of benzene rings is 2. The minimum Gasteiger partial charge on any atom is -0.321 e. The number of carbonyl (C=O) groups is 1. The third-order valence-corrected chi connectivity index (χ3v) is 5.56. The van der Waals surface area contributed by atoms with Gasteiger partial charge in [-0.2, -0.15) is 5.10 Å². The molecule has 0 bridgehead atoms. The van der Waals surface area contributed by atoms with Crippen molar-refractivity contribution in [2.45, 2.75) is 6.92 Å². The van der Waals surface area contributed by atoms with Gasteiger partial charge in [-0.3, -0.25) is 9.59 Å². The fourth-order valence-corrected chi connectivity index (χ4v) is 4.00. The number of H-pyrrole nitrogens is 1. The first-order valence-corrected chi connectivity index (χ1v) is 9.55. The fraction of sp³-hybridized carbons (Fsp3) is 0.0455. The molecule has 0 aliphatic carbocycles. The van der Waals surface area contributed by atoms with Crippen molar-refractivity contribution in [3.63, 3.8) is 0 Å². The number of aromatic amines is 1. The van der Waals surface area contributed by atoms with Crippen LogP contribution in [0.2, 0.25) is 0 Å². The molecule has 0 saturated heterocycles. The van der Waals surface area contributed by atoms with E-state index in [2.05, 4.69) is 15.5 Å². The summed E-state index contributed by atoms with van der Waals surface area (Å²) in [7, 11) is 0. The van der Waals surface area contributed by atoms with E-state index in [1.54, 1.807) is 6.07 Å². The molecule has 4 aromatic rings. The summed E-state index contributed by atoms with van der Waals surface area (Å²) in [5, 5.41) is 9.39. The van der Waals surface area contributed by atoms with Crippen molar-refractivity contribution in [2.24, 2.45) is 0 Å². The van der Waals surface area contributed by atoms with Gasteiger partial charge in [0, 0.05) is 22.2 Å². The molecule has 0 saturated carbocycles. The number of aryl methyl sites for hydroxylation is 1. The van der Waals surface area contributed by atoms with Gasteiger partial charge in [-0.25, -0.2) is 5.10 Å². The van der Waals surface area contributed by atoms with Crippen molar-refractivity contribution in [3.05, 3.63) is 93.6 Å². The first-order valence-electron chi connectivity index (χ1n) is 8.73. The highest BCUT2D eigenvalue weighted by atomic mass is 32.1. The molecule has 2 heterocycles. The number of rotatable bonds is 4. The van der Waals surface area contributed by atoms with Gasteiger partial charge in [0.25, 0.3) is 11.5 Å². The monoisotopic (exact) mass is 387 g/mol. The van der Waals surface area contributed by atoms with Crippen molar-refractivity contribution in [1.82, 2.24) is 10.2 Å². The molecule has 0 atom stereocenters. The van der Waals surface area contributed by atoms with Crippen LogP contribution in [0.25, 0.3) is 21.7 Å². The summed E-state index contributed by atoms with van der Waals surface area (Å²) in [5.74, 6) is -0.151. The Bertz CT molecular complexity index is 1180. The van der Waals surface area contributed by atoms with E-state index < -0.39 is 0 Å². The molecule has 0 aliphatic heterocycles. The average Bonchev–Trinajstić information content (AvgIpc) is 3.11. The van der Waals surface area contributed by atoms with E-state index >= 15 is 0 Å². The zero-order valence-electron chi connectivity index (χ0n) is 15.1. The van der Waals surface area contributed by atoms with Crippen LogP contribution in [0.4, 0.5) is 5.69 Å². The summed E-state index contributed by atoms with van der Waals surface area (Å²) in [4.78, 5) is 25.7. The Labute approximate surface area is 165 Å². The van der Waals surface area contributed by atoms with Crippen LogP contribution in [0, 0.1) is 6.92 Å². The largest absolute Gasteiger partial charge is 0.321 e. The smallest absolute Gasteiger partial charge is 0.265 e. The lowest BCUT2D eigenvalue weighted by Gasteiger charge is -2.06. The van der Waals surface area contributed by atoms with Crippen LogP contribution in [-0.4, -0.2) is 16.1 Å². The van der Waals surface area contributed by atoms with Crippen molar-refractivity contribution in [2.75, 3.05) is 5.32 Å². The minimum atomic E-state index is -0.254. The number of anilines is 1. The van der Waals surface area contributed by atoms with E-state index in [0.717, 1.165) is 21.6 Å². The number of nitrogens with one attached hydrogen (secondary N) is 2. The maximum atomic E-state index is 12.7. The molecule has 2 N–H and O–H groups in total. The number of amides is 1. The van der Waals surface area contributed by atoms with Gasteiger partial charge < -0.3 is 5.32 Å². The molecule has 1 amide bonds. The topological polar surface area (TPSA) is 74.8 Å². The van der Waals surface area contributed by atoms with Crippen molar-refractivity contribution in [3.8, 4) is 21.7 Å². The molecule has 6 heteroatoms. The first-order chi connectivity index (χ1) is 13.6. The Balaban J connectivity index is 1.57. The van der Waals surface area contributed by atoms with Gasteiger partial charge in [-0.15, -0.1) is 11.3 Å². The Morgan fingerprint density at radius 2 is 1.75 bits per heavy atom. The highest BCUT2D eigenvalue weighted by Crippen LogP contribution is 2.32. The summed E-state index contributed by atoms with van der Waals surface area (Å²) in [6.07, 6.45) is 0. The maximum Gasteiger partial charge on any atom is 0.265 e. The first kappa shape index (κ1) is 17.9. The van der Waals surface area contributed by atoms with Gasteiger partial charge in [0.2, 0.25) is 0 Å². The van der Waals surface area contributed by atoms with E-state index in [9.17, 15) is 9.59 Å². The average molecular weight is 387 g/mol. The Morgan fingerprint density at radius 3 is 2.50 bits per heavy atom. The number of carbonyl (C=O) groups excluding carboxylic acids is 1. The zero-order chi connectivity index (χ0) is 19.5. The molecule has 0 aliphatic rings. The van der Waals surface area contributed by atoms with E-state index in [-0.39, 0.29) is 11.5 Å². The van der Waals surface area contributed by atoms with Crippen molar-refractivity contribution in [1.29, 1.82) is 0 Å². The van der Waals surface area contributed by atoms with Crippen LogP contribution < -0.4 is 10.9 Å². The summed E-state index contributed by atoms with van der Waals surface area (Å²) in [6, 6.07) is 22.4. The molecular formula is C22H17N3O2S. The minimum absolute atomic E-state index is 0.151. The molecular weight excluding hydrogens is 370 g/mol. The molecule has 0 unspecified atom stereocenters. The standard InChI is InChI=1S/C22H17N3O2S/c1-14-12-19(28-21(14)15-6-3-2-4-7-15)22(27)23-17-9-5-8-16(13-17)18-10-11-20(26)25-24-18/h2-13H,1H3,(H,23,27)(H,25,26). The number of thiophene rings is 1. The maximum absolute atomic E-state index is 12.7. The molecule has 0 radical (unpaired) electrons. The quantitative estimate of drug-likeness (QED) is 0.532. The van der Waals surface area contributed by atoms with Crippen LogP contribution in [0.5, 0.6) is 0 Å². The van der Waals surface area contributed by atoms with Gasteiger partial charge in [0.15, 0.2) is 0 Å². The summed E-state index contributed by atoms with van der Waals surface area (Å²) in [5.41, 5.74) is 4.04. The van der Waals surface area contributed by atoms with Crippen LogP contribution in [0.15, 0.2) is 77.6 Å². The van der Waals surface area contributed by atoms with E-state index in [4.69, 9.17) is 0 Å². The van der Waals surface area contributed by atoms with E-state index in [0.29, 0.717) is 16.3 Å². The summed E-state index contributed by atoms with van der Waals surface area (Å²) >= 11 is 1.48. The van der Waals surface area contributed by atoms with Crippen LogP contribution in [0.3, 0.4) is 0 Å². The molecule has 138 valence electrons. The van der Waals surface area contributed by atoms with Crippen molar-refractivity contribution < 1.29 is 4.79 Å². The zero-order valence-corrected chi connectivity index (χ0v) is 15.9. The Morgan fingerprint density at radius 1 is 0.964 bits per heavy atom. The van der Waals surface area contributed by atoms with Gasteiger partial charge in [-0.1, -0.05) is 42.5 Å². The van der Waals surface area contributed by atoms with Crippen molar-refractivity contribution >= 4 is 22.9 Å². The Hall–Kier alpha value is -3.51. The fourth-order valence-electron chi connectivity index (χ4n) is 2.92. The summed E-state index contributed by atoms with van der Waals surface area (Å²) in [6.45, 7) is 2.01. The van der Waals surface area contributed by atoms with Crippen LogP contribution in [0.1, 0.15) is 15.2 Å². The molecule has 28 heavy (non-hydrogen) atoms. The number of aromatic nitrogens is 2. The Kier molecular flexibility index (Phi) is 4.87. The number of nitrogens with zero attached hydrogens (tertiary/aromatic N) is 1. The van der Waals surface area contributed by atoms with Gasteiger partial charge in [-0.05, 0) is 42.3 Å². The molecule has 2 aromatic carbocycles. The molecule has 2 aromatic heterocycles. The normalized spacial score (nSPS) is 10.6. The summed E-state index contributed by atoms with van der Waals surface area (Å²) < 4.78 is 0. The predicted octanol–water partition coefficient (Wildman–Crippen LogP) is 4.73. The molecule has 5 nitrogen and oxygen atoms in total. The SMILES string of the molecule is Cc1cc(C(=O)Nc2cccc(-c3ccc(=O)[nH]n3)c2)sc1-c1ccccc1. The molecule has 0 fully saturated rings. The predicted molar refractivity (Wildman–Crippen MR) is 113 cm³/mol. The van der Waals surface area contributed by atoms with E-state index in [1.807, 2.05) is 67.6 Å². The van der Waals surface area contributed by atoms with Crippen LogP contribution >= 0.6 is 11.3 Å². The second kappa shape index (κ2) is 7.62. The van der Waals surface area contributed by atoms with Gasteiger partial charge >= 0.3 is 0 Å². The lowest BCUT2D eigenvalue weighted by Crippen LogP contribution is -2.10. The van der Waals surface area contributed by atoms with Crippen LogP contribution in [-0.2, 0) is 0 Å². The second-order valence-electron chi connectivity index (χ2n) is 6.33. The third-order valence-electron chi connectivity index (χ3n) is 4.27. The number of hydrogen-bond donors (Lipinski definition) is 2. The lowest BCUT2D eigenvalue weighted by molar-refractivity contribution is 0.103. The highest BCUT2D eigenvalue weighted by Gasteiger charge is 2.14. The third kappa shape index (κ3) is 3.77. The second-order valence-corrected chi connectivity index (χ2v) is 7.38.